The normalized spacial score (nSPS) is 17.5. The molecule has 0 aromatic heterocycles. The molecular formula is C26H23NO5. The first kappa shape index (κ1) is 21.2. The molecule has 1 heterocycles. The Hall–Kier alpha value is -4.06. The fourth-order valence-electron chi connectivity index (χ4n) is 3.95. The number of benzene rings is 3. The molecule has 1 fully saturated rings. The number of aliphatic hydroxyl groups is 1. The highest BCUT2D eigenvalue weighted by Gasteiger charge is 2.47. The Morgan fingerprint density at radius 3 is 2.22 bits per heavy atom. The average molecular weight is 429 g/mol. The van der Waals surface area contributed by atoms with Crippen molar-refractivity contribution >= 4 is 23.1 Å². The molecule has 1 N–H and O–H groups in total. The summed E-state index contributed by atoms with van der Waals surface area (Å²) < 4.78 is 10.5. The summed E-state index contributed by atoms with van der Waals surface area (Å²) in [4.78, 5) is 27.9. The Bertz CT molecular complexity index is 1210. The minimum atomic E-state index is -0.812. The zero-order chi connectivity index (χ0) is 22.8. The monoisotopic (exact) mass is 429 g/mol. The molecule has 1 unspecified atom stereocenters. The third-order valence-corrected chi connectivity index (χ3v) is 5.59. The van der Waals surface area contributed by atoms with Crippen molar-refractivity contribution in [2.24, 2.45) is 0 Å². The van der Waals surface area contributed by atoms with Gasteiger partial charge < -0.3 is 14.6 Å². The number of methoxy groups -OCH3 is 2. The van der Waals surface area contributed by atoms with Crippen LogP contribution in [0.25, 0.3) is 5.76 Å². The molecule has 0 bridgehead atoms. The first-order valence-corrected chi connectivity index (χ1v) is 10.1. The van der Waals surface area contributed by atoms with Gasteiger partial charge in [0.25, 0.3) is 11.7 Å². The Morgan fingerprint density at radius 2 is 1.56 bits per heavy atom. The number of nitrogens with zero attached hydrogens (tertiary/aromatic N) is 1. The molecule has 6 nitrogen and oxygen atoms in total. The zero-order valence-electron chi connectivity index (χ0n) is 18.0. The number of aliphatic hydroxyl groups excluding tert-OH is 1. The molecular weight excluding hydrogens is 406 g/mol. The molecule has 32 heavy (non-hydrogen) atoms. The maximum absolute atomic E-state index is 13.2. The second kappa shape index (κ2) is 8.59. The van der Waals surface area contributed by atoms with Gasteiger partial charge in [0.15, 0.2) is 0 Å². The Balaban J connectivity index is 1.95. The maximum atomic E-state index is 13.2. The van der Waals surface area contributed by atoms with Gasteiger partial charge in [-0.2, -0.15) is 0 Å². The average Bonchev–Trinajstić information content (AvgIpc) is 3.09. The van der Waals surface area contributed by atoms with Crippen molar-refractivity contribution in [2.75, 3.05) is 19.1 Å². The number of ether oxygens (including phenoxy) is 2. The van der Waals surface area contributed by atoms with Crippen molar-refractivity contribution in [3.63, 3.8) is 0 Å². The van der Waals surface area contributed by atoms with Gasteiger partial charge in [-0.1, -0.05) is 30.3 Å². The molecule has 0 radical (unpaired) electrons. The topological polar surface area (TPSA) is 76.1 Å². The minimum Gasteiger partial charge on any atom is -0.507 e. The van der Waals surface area contributed by atoms with E-state index in [-0.39, 0.29) is 11.3 Å². The van der Waals surface area contributed by atoms with E-state index in [1.807, 2.05) is 31.2 Å². The van der Waals surface area contributed by atoms with Crippen LogP contribution in [0.15, 0.2) is 78.4 Å². The second-order valence-corrected chi connectivity index (χ2v) is 7.46. The molecule has 3 aromatic rings. The number of para-hydroxylation sites is 1. The van der Waals surface area contributed by atoms with Crippen LogP contribution in [-0.2, 0) is 9.59 Å². The highest BCUT2D eigenvalue weighted by Crippen LogP contribution is 2.43. The number of ketones is 1. The summed E-state index contributed by atoms with van der Waals surface area (Å²) in [6, 6.07) is 20.4. The molecule has 0 aliphatic carbocycles. The van der Waals surface area contributed by atoms with Crippen LogP contribution >= 0.6 is 0 Å². The van der Waals surface area contributed by atoms with E-state index in [9.17, 15) is 14.7 Å². The molecule has 0 spiro atoms. The first-order valence-electron chi connectivity index (χ1n) is 10.1. The highest BCUT2D eigenvalue weighted by molar-refractivity contribution is 6.51. The first-order chi connectivity index (χ1) is 15.5. The van der Waals surface area contributed by atoms with Gasteiger partial charge in [-0.05, 0) is 60.5 Å². The Labute approximate surface area is 186 Å². The zero-order valence-corrected chi connectivity index (χ0v) is 18.0. The summed E-state index contributed by atoms with van der Waals surface area (Å²) in [5, 5.41) is 11.2. The molecule has 4 rings (SSSR count). The van der Waals surface area contributed by atoms with Crippen LogP contribution < -0.4 is 14.4 Å². The molecule has 1 amide bonds. The fraction of sp³-hybridized carbons (Fsp3) is 0.154. The lowest BCUT2D eigenvalue weighted by Gasteiger charge is -2.27. The summed E-state index contributed by atoms with van der Waals surface area (Å²) in [5.74, 6) is -0.472. The molecule has 1 aliphatic heterocycles. The van der Waals surface area contributed by atoms with Gasteiger partial charge in [-0.15, -0.1) is 0 Å². The van der Waals surface area contributed by atoms with Gasteiger partial charge in [0.1, 0.15) is 17.3 Å². The third kappa shape index (κ3) is 3.60. The summed E-state index contributed by atoms with van der Waals surface area (Å²) in [6.07, 6.45) is 0. The number of aryl methyl sites for hydroxylation is 1. The van der Waals surface area contributed by atoms with Crippen molar-refractivity contribution in [3.8, 4) is 11.5 Å². The van der Waals surface area contributed by atoms with Crippen molar-refractivity contribution in [3.05, 3.63) is 95.1 Å². The van der Waals surface area contributed by atoms with Crippen molar-refractivity contribution in [1.82, 2.24) is 0 Å². The van der Waals surface area contributed by atoms with E-state index < -0.39 is 17.7 Å². The number of rotatable bonds is 5. The number of hydrogen-bond donors (Lipinski definition) is 1. The minimum absolute atomic E-state index is 0.0247. The van der Waals surface area contributed by atoms with Crippen LogP contribution in [0.2, 0.25) is 0 Å². The number of carbonyl (C=O) groups excluding carboxylic acids is 2. The Morgan fingerprint density at radius 1 is 0.875 bits per heavy atom. The van der Waals surface area contributed by atoms with Gasteiger partial charge in [-0.3, -0.25) is 14.5 Å². The molecule has 3 aromatic carbocycles. The van der Waals surface area contributed by atoms with Gasteiger partial charge in [-0.25, -0.2) is 0 Å². The molecule has 1 atom stereocenters. The van der Waals surface area contributed by atoms with E-state index in [0.29, 0.717) is 28.3 Å². The molecule has 1 aliphatic rings. The number of hydrogen-bond acceptors (Lipinski definition) is 5. The lowest BCUT2D eigenvalue weighted by atomic mass is 9.94. The molecule has 162 valence electrons. The largest absolute Gasteiger partial charge is 0.507 e. The van der Waals surface area contributed by atoms with Crippen LogP contribution in [0.4, 0.5) is 5.69 Å². The fourth-order valence-corrected chi connectivity index (χ4v) is 3.95. The highest BCUT2D eigenvalue weighted by atomic mass is 16.5. The Kier molecular flexibility index (Phi) is 5.69. The van der Waals surface area contributed by atoms with Gasteiger partial charge in [0.2, 0.25) is 0 Å². The lowest BCUT2D eigenvalue weighted by molar-refractivity contribution is -0.132. The van der Waals surface area contributed by atoms with Crippen LogP contribution in [0.1, 0.15) is 22.7 Å². The summed E-state index contributed by atoms with van der Waals surface area (Å²) >= 11 is 0. The number of amides is 1. The summed E-state index contributed by atoms with van der Waals surface area (Å²) in [7, 11) is 3.10. The van der Waals surface area contributed by atoms with E-state index >= 15 is 0 Å². The maximum Gasteiger partial charge on any atom is 0.300 e. The van der Waals surface area contributed by atoms with Crippen molar-refractivity contribution in [1.29, 1.82) is 0 Å². The molecule has 6 heteroatoms. The predicted octanol–water partition coefficient (Wildman–Crippen LogP) is 4.64. The number of Topliss-reactive ketones (excluding diaryl/α,β-unsaturated/α-hetero) is 1. The van der Waals surface area contributed by atoms with Crippen LogP contribution in [-0.4, -0.2) is 31.0 Å². The van der Waals surface area contributed by atoms with Gasteiger partial charge in [0, 0.05) is 11.3 Å². The van der Waals surface area contributed by atoms with E-state index in [1.54, 1.807) is 62.8 Å². The SMILES string of the molecule is COc1ccc(/C(O)=C2/C(=O)C(=O)N(c3ccccc3C)C2c2cccc(OC)c2)cc1. The predicted molar refractivity (Wildman–Crippen MR) is 122 cm³/mol. The third-order valence-electron chi connectivity index (χ3n) is 5.59. The van der Waals surface area contributed by atoms with Crippen molar-refractivity contribution in [2.45, 2.75) is 13.0 Å². The van der Waals surface area contributed by atoms with Crippen LogP contribution in [0, 0.1) is 6.92 Å². The number of carbonyl (C=O) groups is 2. The van der Waals surface area contributed by atoms with E-state index in [0.717, 1.165) is 5.56 Å². The van der Waals surface area contributed by atoms with Crippen molar-refractivity contribution < 1.29 is 24.2 Å². The van der Waals surface area contributed by atoms with E-state index in [2.05, 4.69) is 0 Å². The summed E-state index contributed by atoms with van der Waals surface area (Å²) in [6.45, 7) is 1.88. The smallest absolute Gasteiger partial charge is 0.300 e. The molecule has 1 saturated heterocycles. The van der Waals surface area contributed by atoms with Crippen LogP contribution in [0.5, 0.6) is 11.5 Å². The van der Waals surface area contributed by atoms with Gasteiger partial charge in [0.05, 0.1) is 25.8 Å². The summed E-state index contributed by atoms with van der Waals surface area (Å²) in [5.41, 5.74) is 2.54. The van der Waals surface area contributed by atoms with Gasteiger partial charge >= 0.3 is 0 Å². The van der Waals surface area contributed by atoms with Crippen LogP contribution in [0.3, 0.4) is 0 Å². The van der Waals surface area contributed by atoms with E-state index in [1.165, 1.54) is 4.90 Å². The lowest BCUT2D eigenvalue weighted by Crippen LogP contribution is -2.30. The standard InChI is InChI=1S/C26H23NO5/c1-16-7-4-5-10-21(16)27-23(18-8-6-9-20(15-18)32-3)22(25(29)26(27)30)24(28)17-11-13-19(31-2)14-12-17/h4-15,23,28H,1-3H3/b24-22-. The number of anilines is 1. The quantitative estimate of drug-likeness (QED) is 0.363. The van der Waals surface area contributed by atoms with E-state index in [4.69, 9.17) is 9.47 Å². The molecule has 0 saturated carbocycles. The second-order valence-electron chi connectivity index (χ2n) is 7.46.